The van der Waals surface area contributed by atoms with Gasteiger partial charge in [-0.25, -0.2) is 5.84 Å². The van der Waals surface area contributed by atoms with Crippen molar-refractivity contribution in [3.05, 3.63) is 52.4 Å². The number of carbonyl (C=O) groups is 2. The Hall–Kier alpha value is -1.89. The van der Waals surface area contributed by atoms with Gasteiger partial charge in [-0.2, -0.15) is 0 Å². The van der Waals surface area contributed by atoms with Gasteiger partial charge in [0, 0.05) is 11.8 Å². The molecule has 5 nitrogen and oxygen atoms in total. The number of aryl methyl sites for hydroxylation is 2. The molecule has 0 spiro atoms. The van der Waals surface area contributed by atoms with Crippen LogP contribution in [0, 0.1) is 0 Å². The van der Waals surface area contributed by atoms with E-state index in [0.29, 0.717) is 6.42 Å². The zero-order chi connectivity index (χ0) is 15.9. The molecular formula is C16H20ClN3O2S. The summed E-state index contributed by atoms with van der Waals surface area (Å²) in [4.78, 5) is 23.4. The molecule has 0 saturated carbocycles. The normalized spacial score (nSPS) is 9.83. The van der Waals surface area contributed by atoms with E-state index < -0.39 is 0 Å². The molecule has 2 aromatic rings. The highest BCUT2D eigenvalue weighted by Crippen LogP contribution is 2.23. The van der Waals surface area contributed by atoms with Gasteiger partial charge in [0.05, 0.1) is 11.4 Å². The molecule has 0 aliphatic carbocycles. The second kappa shape index (κ2) is 9.29. The smallest absolute Gasteiger partial charge is 0.238 e. The van der Waals surface area contributed by atoms with E-state index in [-0.39, 0.29) is 24.2 Å². The fourth-order valence-corrected chi connectivity index (χ4v) is 3.03. The van der Waals surface area contributed by atoms with Gasteiger partial charge in [0.25, 0.3) is 0 Å². The number of hydrogen-bond donors (Lipinski definition) is 3. The summed E-state index contributed by atoms with van der Waals surface area (Å²) >= 11 is 1.60. The first-order valence-corrected chi connectivity index (χ1v) is 7.82. The molecule has 2 amide bonds. The van der Waals surface area contributed by atoms with Crippen LogP contribution in [0.5, 0.6) is 0 Å². The lowest BCUT2D eigenvalue weighted by atomic mass is 10.1. The minimum atomic E-state index is -0.197. The van der Waals surface area contributed by atoms with Gasteiger partial charge >= 0.3 is 0 Å². The molecule has 0 unspecified atom stereocenters. The average molecular weight is 354 g/mol. The third-order valence-electron chi connectivity index (χ3n) is 3.17. The van der Waals surface area contributed by atoms with Crippen molar-refractivity contribution >= 4 is 40.6 Å². The first-order valence-electron chi connectivity index (χ1n) is 7.00. The zero-order valence-electron chi connectivity index (χ0n) is 12.8. The fraction of sp³-hybridized carbons (Fsp3) is 0.250. The van der Waals surface area contributed by atoms with E-state index >= 15 is 0 Å². The second-order valence-electron chi connectivity index (χ2n) is 5.01. The molecule has 0 aliphatic rings. The largest absolute Gasteiger partial charge is 0.318 e. The standard InChI is InChI=1S/C16H19N3O2S.ClH/c1-11(20)18-16-9-8-14(22-16)7-6-12-2-4-13(5-3-12)10-15(21)19-17;/h2-5,8-9H,6-7,10,17H2,1H3,(H,18,20)(H,19,21);1H. The van der Waals surface area contributed by atoms with Crippen molar-refractivity contribution in [2.24, 2.45) is 5.84 Å². The van der Waals surface area contributed by atoms with Gasteiger partial charge in [0.1, 0.15) is 0 Å². The Kier molecular flexibility index (Phi) is 7.74. The highest BCUT2D eigenvalue weighted by Gasteiger charge is 2.04. The molecular weight excluding hydrogens is 334 g/mol. The van der Waals surface area contributed by atoms with Crippen LogP contribution in [-0.4, -0.2) is 11.8 Å². The third-order valence-corrected chi connectivity index (χ3v) is 4.23. The molecule has 1 aromatic heterocycles. The van der Waals surface area contributed by atoms with Gasteiger partial charge in [0.2, 0.25) is 11.8 Å². The van der Waals surface area contributed by atoms with Crippen LogP contribution in [0.2, 0.25) is 0 Å². The Balaban J connectivity index is 0.00000264. The molecule has 0 aliphatic heterocycles. The summed E-state index contributed by atoms with van der Waals surface area (Å²) in [5.74, 6) is 4.82. The van der Waals surface area contributed by atoms with E-state index in [4.69, 9.17) is 5.84 Å². The van der Waals surface area contributed by atoms with E-state index in [9.17, 15) is 9.59 Å². The molecule has 0 fully saturated rings. The minimum Gasteiger partial charge on any atom is -0.318 e. The number of thiophene rings is 1. The van der Waals surface area contributed by atoms with Crippen molar-refractivity contribution in [2.75, 3.05) is 5.32 Å². The summed E-state index contributed by atoms with van der Waals surface area (Å²) < 4.78 is 0. The van der Waals surface area contributed by atoms with Gasteiger partial charge in [-0.1, -0.05) is 24.3 Å². The van der Waals surface area contributed by atoms with Crippen LogP contribution in [-0.2, 0) is 28.9 Å². The fourth-order valence-electron chi connectivity index (χ4n) is 2.08. The Morgan fingerprint density at radius 1 is 1.04 bits per heavy atom. The number of anilines is 1. The first-order chi connectivity index (χ1) is 10.6. The molecule has 0 radical (unpaired) electrons. The number of hydrogen-bond acceptors (Lipinski definition) is 4. The Morgan fingerprint density at radius 3 is 2.30 bits per heavy atom. The van der Waals surface area contributed by atoms with E-state index in [1.807, 2.05) is 36.4 Å². The molecule has 1 aromatic carbocycles. The second-order valence-corrected chi connectivity index (χ2v) is 6.18. The lowest BCUT2D eigenvalue weighted by Gasteiger charge is -2.03. The number of carbonyl (C=O) groups excluding carboxylic acids is 2. The summed E-state index contributed by atoms with van der Waals surface area (Å²) in [5, 5.41) is 3.67. The summed E-state index contributed by atoms with van der Waals surface area (Å²) in [5.41, 5.74) is 4.28. The van der Waals surface area contributed by atoms with Crippen LogP contribution in [0.4, 0.5) is 5.00 Å². The molecule has 0 saturated heterocycles. The Bertz CT molecular complexity index is 656. The maximum absolute atomic E-state index is 11.2. The van der Waals surface area contributed by atoms with Gasteiger partial charge in [-0.15, -0.1) is 23.7 Å². The number of nitrogens with one attached hydrogen (secondary N) is 2. The SMILES string of the molecule is CC(=O)Nc1ccc(CCc2ccc(CC(=O)NN)cc2)s1.Cl. The highest BCUT2D eigenvalue weighted by atomic mass is 35.5. The monoisotopic (exact) mass is 353 g/mol. The molecule has 7 heteroatoms. The number of rotatable bonds is 6. The van der Waals surface area contributed by atoms with Crippen molar-refractivity contribution in [3.63, 3.8) is 0 Å². The van der Waals surface area contributed by atoms with Crippen molar-refractivity contribution in [1.29, 1.82) is 0 Å². The molecule has 2 rings (SSSR count). The molecule has 0 bridgehead atoms. The number of nitrogens with two attached hydrogens (primary N) is 1. The number of halogens is 1. The number of benzene rings is 1. The third kappa shape index (κ3) is 6.40. The van der Waals surface area contributed by atoms with Crippen molar-refractivity contribution in [1.82, 2.24) is 5.43 Å². The van der Waals surface area contributed by atoms with Crippen LogP contribution in [0.25, 0.3) is 0 Å². The maximum Gasteiger partial charge on any atom is 0.238 e. The Morgan fingerprint density at radius 2 is 1.70 bits per heavy atom. The van der Waals surface area contributed by atoms with Crippen molar-refractivity contribution in [2.45, 2.75) is 26.2 Å². The van der Waals surface area contributed by atoms with Crippen LogP contribution in [0.15, 0.2) is 36.4 Å². The van der Waals surface area contributed by atoms with Gasteiger partial charge < -0.3 is 5.32 Å². The number of amides is 2. The van der Waals surface area contributed by atoms with Crippen molar-refractivity contribution in [3.8, 4) is 0 Å². The number of hydrazine groups is 1. The predicted molar refractivity (Wildman–Crippen MR) is 95.8 cm³/mol. The summed E-state index contributed by atoms with van der Waals surface area (Å²) in [6.07, 6.45) is 2.14. The minimum absolute atomic E-state index is 0. The summed E-state index contributed by atoms with van der Waals surface area (Å²) in [6.45, 7) is 1.51. The van der Waals surface area contributed by atoms with E-state index in [0.717, 1.165) is 23.4 Å². The predicted octanol–water partition coefficient (Wildman–Crippen LogP) is 2.45. The zero-order valence-corrected chi connectivity index (χ0v) is 14.4. The van der Waals surface area contributed by atoms with Gasteiger partial charge in [-0.05, 0) is 36.1 Å². The molecule has 124 valence electrons. The summed E-state index contributed by atoms with van der Waals surface area (Å²) in [6, 6.07) is 11.9. The van der Waals surface area contributed by atoms with E-state index in [1.165, 1.54) is 17.4 Å². The lowest BCUT2D eigenvalue weighted by molar-refractivity contribution is -0.120. The first kappa shape index (κ1) is 19.2. The van der Waals surface area contributed by atoms with Crippen molar-refractivity contribution < 1.29 is 9.59 Å². The topological polar surface area (TPSA) is 84.2 Å². The highest BCUT2D eigenvalue weighted by molar-refractivity contribution is 7.16. The molecule has 0 atom stereocenters. The lowest BCUT2D eigenvalue weighted by Crippen LogP contribution is -2.31. The maximum atomic E-state index is 11.2. The van der Waals surface area contributed by atoms with Crippen LogP contribution in [0.3, 0.4) is 0 Å². The average Bonchev–Trinajstić information content (AvgIpc) is 2.93. The summed E-state index contributed by atoms with van der Waals surface area (Å²) in [7, 11) is 0. The van der Waals surface area contributed by atoms with Crippen LogP contribution >= 0.6 is 23.7 Å². The quantitative estimate of drug-likeness (QED) is 0.423. The molecule has 23 heavy (non-hydrogen) atoms. The van der Waals surface area contributed by atoms with E-state index in [1.54, 1.807) is 11.3 Å². The van der Waals surface area contributed by atoms with Crippen LogP contribution < -0.4 is 16.6 Å². The molecule has 1 heterocycles. The Labute approximate surface area is 145 Å². The molecule has 4 N–H and O–H groups in total. The van der Waals surface area contributed by atoms with Gasteiger partial charge in [0.15, 0.2) is 0 Å². The van der Waals surface area contributed by atoms with E-state index in [2.05, 4.69) is 10.7 Å². The van der Waals surface area contributed by atoms with Crippen LogP contribution in [0.1, 0.15) is 22.9 Å². The van der Waals surface area contributed by atoms with Gasteiger partial charge in [-0.3, -0.25) is 15.0 Å².